The van der Waals surface area contributed by atoms with Crippen molar-refractivity contribution in [3.8, 4) is 34.4 Å². The number of hydrogen-bond donors (Lipinski definition) is 1. The largest absolute Gasteiger partial charge is 0.424 e. The minimum atomic E-state index is -0.320. The third-order valence-corrected chi connectivity index (χ3v) is 4.48. The van der Waals surface area contributed by atoms with Crippen LogP contribution in [-0.2, 0) is 0 Å². The molecule has 6 nitrogen and oxygen atoms in total. The molecule has 2 aromatic heterocycles. The smallest absolute Gasteiger partial charge is 0.322 e. The number of ether oxygens (including phenoxy) is 1. The quantitative estimate of drug-likeness (QED) is 0.525. The van der Waals surface area contributed by atoms with Gasteiger partial charge in [0.2, 0.25) is 0 Å². The van der Waals surface area contributed by atoms with Gasteiger partial charge in [-0.15, -0.1) is 0 Å². The summed E-state index contributed by atoms with van der Waals surface area (Å²) in [7, 11) is 0. The van der Waals surface area contributed by atoms with E-state index in [1.54, 1.807) is 30.7 Å². The third-order valence-electron chi connectivity index (χ3n) is 4.48. The van der Waals surface area contributed by atoms with Crippen LogP contribution in [0.5, 0.6) is 11.8 Å². The van der Waals surface area contributed by atoms with Crippen LogP contribution in [0.1, 0.15) is 13.0 Å². The van der Waals surface area contributed by atoms with Gasteiger partial charge < -0.3 is 14.4 Å². The Kier molecular flexibility index (Phi) is 5.31. The van der Waals surface area contributed by atoms with Crippen molar-refractivity contribution in [2.45, 2.75) is 13.0 Å². The number of nitrogens with zero attached hydrogens (tertiary/aromatic N) is 4. The summed E-state index contributed by atoms with van der Waals surface area (Å²) in [6, 6.07) is 17.1. The molecule has 0 bridgehead atoms. The normalized spacial score (nSPS) is 12.0. The van der Waals surface area contributed by atoms with E-state index < -0.39 is 0 Å². The van der Waals surface area contributed by atoms with Crippen molar-refractivity contribution in [3.05, 3.63) is 79.0 Å². The van der Waals surface area contributed by atoms with Gasteiger partial charge in [0.25, 0.3) is 0 Å². The van der Waals surface area contributed by atoms with Crippen molar-refractivity contribution < 1.29 is 14.2 Å². The van der Waals surface area contributed by atoms with Crippen molar-refractivity contribution >= 4 is 0 Å². The Bertz CT molecular complexity index is 1100. The number of halogens is 1. The van der Waals surface area contributed by atoms with E-state index in [2.05, 4.69) is 15.0 Å². The van der Waals surface area contributed by atoms with Crippen molar-refractivity contribution in [1.82, 2.24) is 19.5 Å². The Balaban J connectivity index is 1.79. The SMILES string of the molecule is CC(CO)n1cnc(-c2ccc(F)cc2)c1-c1ccnc(Oc2ccccc2)n1. The van der Waals surface area contributed by atoms with Crippen LogP contribution in [0.25, 0.3) is 22.6 Å². The first-order valence-electron chi connectivity index (χ1n) is 9.15. The molecule has 4 rings (SSSR count). The molecular weight excluding hydrogens is 371 g/mol. The maximum atomic E-state index is 13.4. The van der Waals surface area contributed by atoms with Crippen molar-refractivity contribution in [2.75, 3.05) is 6.61 Å². The lowest BCUT2D eigenvalue weighted by Gasteiger charge is -2.15. The number of imidazole rings is 1. The predicted octanol–water partition coefficient (Wildman–Crippen LogP) is 4.49. The summed E-state index contributed by atoms with van der Waals surface area (Å²) in [5.41, 5.74) is 2.66. The Morgan fingerprint density at radius 1 is 1.03 bits per heavy atom. The van der Waals surface area contributed by atoms with E-state index in [-0.39, 0.29) is 24.5 Å². The average molecular weight is 390 g/mol. The summed E-state index contributed by atoms with van der Waals surface area (Å²) < 4.78 is 21.0. The van der Waals surface area contributed by atoms with Gasteiger partial charge in [0.05, 0.1) is 36.1 Å². The van der Waals surface area contributed by atoms with Crippen LogP contribution in [0.3, 0.4) is 0 Å². The molecule has 2 aromatic carbocycles. The van der Waals surface area contributed by atoms with Crippen LogP contribution in [0.4, 0.5) is 4.39 Å². The van der Waals surface area contributed by atoms with Crippen LogP contribution in [0.15, 0.2) is 73.2 Å². The minimum Gasteiger partial charge on any atom is -0.424 e. The van der Waals surface area contributed by atoms with Gasteiger partial charge in [-0.2, -0.15) is 4.98 Å². The van der Waals surface area contributed by atoms with Gasteiger partial charge in [-0.25, -0.2) is 14.4 Å². The number of para-hydroxylation sites is 1. The lowest BCUT2D eigenvalue weighted by atomic mass is 10.1. The number of benzene rings is 2. The fraction of sp³-hybridized carbons (Fsp3) is 0.136. The fourth-order valence-corrected chi connectivity index (χ4v) is 2.97. The van der Waals surface area contributed by atoms with Gasteiger partial charge in [0.1, 0.15) is 11.6 Å². The highest BCUT2D eigenvalue weighted by atomic mass is 19.1. The third kappa shape index (κ3) is 4.00. The highest BCUT2D eigenvalue weighted by Crippen LogP contribution is 2.33. The summed E-state index contributed by atoms with van der Waals surface area (Å²) in [5, 5.41) is 9.67. The summed E-state index contributed by atoms with van der Waals surface area (Å²) in [4.78, 5) is 13.2. The molecule has 0 spiro atoms. The van der Waals surface area contributed by atoms with Crippen LogP contribution in [0, 0.1) is 5.82 Å². The highest BCUT2D eigenvalue weighted by molar-refractivity contribution is 5.77. The number of aromatic nitrogens is 4. The lowest BCUT2D eigenvalue weighted by molar-refractivity contribution is 0.239. The maximum absolute atomic E-state index is 13.4. The molecule has 0 radical (unpaired) electrons. The number of hydrogen-bond acceptors (Lipinski definition) is 5. The molecule has 0 saturated carbocycles. The molecule has 1 atom stereocenters. The molecule has 0 saturated heterocycles. The van der Waals surface area contributed by atoms with Crippen molar-refractivity contribution in [2.24, 2.45) is 0 Å². The lowest BCUT2D eigenvalue weighted by Crippen LogP contribution is -2.10. The molecule has 0 aliphatic rings. The summed E-state index contributed by atoms with van der Waals surface area (Å²) in [6.45, 7) is 1.81. The van der Waals surface area contributed by atoms with Crippen LogP contribution >= 0.6 is 0 Å². The van der Waals surface area contributed by atoms with Crippen molar-refractivity contribution in [1.29, 1.82) is 0 Å². The van der Waals surface area contributed by atoms with E-state index in [4.69, 9.17) is 4.74 Å². The zero-order valence-electron chi connectivity index (χ0n) is 15.7. The second-order valence-corrected chi connectivity index (χ2v) is 6.53. The molecule has 146 valence electrons. The van der Waals surface area contributed by atoms with Crippen LogP contribution in [-0.4, -0.2) is 31.2 Å². The predicted molar refractivity (Wildman–Crippen MR) is 107 cm³/mol. The van der Waals surface area contributed by atoms with E-state index in [1.165, 1.54) is 12.1 Å². The molecule has 29 heavy (non-hydrogen) atoms. The molecule has 0 aliphatic heterocycles. The van der Waals surface area contributed by atoms with Crippen LogP contribution in [0.2, 0.25) is 0 Å². The first-order valence-corrected chi connectivity index (χ1v) is 9.15. The van der Waals surface area contributed by atoms with E-state index in [9.17, 15) is 9.50 Å². The first-order chi connectivity index (χ1) is 14.2. The van der Waals surface area contributed by atoms with Gasteiger partial charge in [-0.3, -0.25) is 0 Å². The fourth-order valence-electron chi connectivity index (χ4n) is 2.97. The molecule has 0 fully saturated rings. The average Bonchev–Trinajstić information content (AvgIpc) is 3.20. The molecule has 0 aliphatic carbocycles. The van der Waals surface area contributed by atoms with Gasteiger partial charge in [-0.1, -0.05) is 18.2 Å². The molecule has 7 heteroatoms. The Morgan fingerprint density at radius 3 is 2.52 bits per heavy atom. The van der Waals surface area contributed by atoms with Crippen molar-refractivity contribution in [3.63, 3.8) is 0 Å². The Hall–Kier alpha value is -3.58. The molecule has 1 N–H and O–H groups in total. The second kappa shape index (κ2) is 8.20. The van der Waals surface area contributed by atoms with E-state index >= 15 is 0 Å². The van der Waals surface area contributed by atoms with Gasteiger partial charge in [0.15, 0.2) is 0 Å². The number of aliphatic hydroxyl groups is 1. The minimum absolute atomic E-state index is 0.0648. The van der Waals surface area contributed by atoms with Gasteiger partial charge in [0, 0.05) is 11.8 Å². The summed E-state index contributed by atoms with van der Waals surface area (Å²) >= 11 is 0. The topological polar surface area (TPSA) is 73.1 Å². The molecule has 1 unspecified atom stereocenters. The summed E-state index contributed by atoms with van der Waals surface area (Å²) in [6.07, 6.45) is 3.25. The second-order valence-electron chi connectivity index (χ2n) is 6.53. The zero-order valence-corrected chi connectivity index (χ0v) is 15.7. The van der Waals surface area contributed by atoms with Gasteiger partial charge in [-0.05, 0) is 49.4 Å². The van der Waals surface area contributed by atoms with E-state index in [0.717, 1.165) is 5.56 Å². The number of aliphatic hydroxyl groups excluding tert-OH is 1. The number of rotatable bonds is 6. The van der Waals surface area contributed by atoms with E-state index in [1.807, 2.05) is 41.8 Å². The Labute approximate surface area is 167 Å². The molecule has 2 heterocycles. The zero-order chi connectivity index (χ0) is 20.2. The van der Waals surface area contributed by atoms with E-state index in [0.29, 0.717) is 22.8 Å². The summed E-state index contributed by atoms with van der Waals surface area (Å²) in [5.74, 6) is 0.305. The molecular formula is C22H19FN4O2. The monoisotopic (exact) mass is 390 g/mol. The highest BCUT2D eigenvalue weighted by Gasteiger charge is 2.20. The standard InChI is InChI=1S/C22H19FN4O2/c1-15(13-28)27-14-25-20(16-7-9-17(23)10-8-16)21(27)19-11-12-24-22(26-19)29-18-5-3-2-4-6-18/h2-12,14-15,28H,13H2,1H3. The van der Waals surface area contributed by atoms with Crippen LogP contribution < -0.4 is 4.74 Å². The maximum Gasteiger partial charge on any atom is 0.322 e. The Morgan fingerprint density at radius 2 is 1.79 bits per heavy atom. The molecule has 4 aromatic rings. The van der Waals surface area contributed by atoms with Gasteiger partial charge >= 0.3 is 6.01 Å². The molecule has 0 amide bonds. The first kappa shape index (κ1) is 18.8.